The Morgan fingerprint density at radius 1 is 0.763 bits per heavy atom. The van der Waals surface area contributed by atoms with E-state index in [0.29, 0.717) is 24.0 Å². The molecule has 1 rings (SSSR count). The number of carbonyl (C=O) groups excluding carboxylic acids is 1. The van der Waals surface area contributed by atoms with Crippen molar-refractivity contribution in [2.45, 2.75) is 158 Å². The summed E-state index contributed by atoms with van der Waals surface area (Å²) in [6.07, 6.45) is 20.0. The van der Waals surface area contributed by atoms with Crippen molar-refractivity contribution in [3.63, 3.8) is 0 Å². The summed E-state index contributed by atoms with van der Waals surface area (Å²) in [7, 11) is 0. The number of rotatable bonds is 19. The summed E-state index contributed by atoms with van der Waals surface area (Å²) in [5.74, 6) is 1.83. The maximum absolute atomic E-state index is 11.9. The zero-order valence-electron chi connectivity index (χ0n) is 26.5. The smallest absolute Gasteiger partial charge is 0.310 e. The highest BCUT2D eigenvalue weighted by molar-refractivity contribution is 5.72. The number of esters is 1. The van der Waals surface area contributed by atoms with E-state index in [1.165, 1.54) is 83.5 Å². The Kier molecular flexibility index (Phi) is 16.3. The van der Waals surface area contributed by atoms with Gasteiger partial charge in [-0.1, -0.05) is 126 Å². The number of carbonyl (C=O) groups is 1. The van der Waals surface area contributed by atoms with E-state index in [2.05, 4.69) is 48.5 Å². The van der Waals surface area contributed by atoms with E-state index in [0.717, 1.165) is 18.4 Å². The molecule has 1 aromatic rings. The van der Waals surface area contributed by atoms with Gasteiger partial charge in [-0.05, 0) is 72.1 Å². The van der Waals surface area contributed by atoms with Gasteiger partial charge in [-0.2, -0.15) is 0 Å². The second-order valence-corrected chi connectivity index (χ2v) is 13.8. The van der Waals surface area contributed by atoms with Crippen molar-refractivity contribution < 1.29 is 14.6 Å². The molecular weight excluding hydrogens is 468 g/mol. The fourth-order valence-corrected chi connectivity index (χ4v) is 5.59. The topological polar surface area (TPSA) is 46.5 Å². The maximum Gasteiger partial charge on any atom is 0.310 e. The number of benzene rings is 1. The normalized spacial score (nSPS) is 13.9. The molecule has 0 aliphatic carbocycles. The van der Waals surface area contributed by atoms with Crippen molar-refractivity contribution in [1.29, 1.82) is 0 Å². The third-order valence-corrected chi connectivity index (χ3v) is 8.49. The van der Waals surface area contributed by atoms with Crippen LogP contribution in [0.1, 0.15) is 157 Å². The molecule has 0 radical (unpaired) electrons. The molecule has 0 saturated heterocycles. The van der Waals surface area contributed by atoms with Gasteiger partial charge in [-0.25, -0.2) is 0 Å². The monoisotopic (exact) mass is 530 g/mol. The summed E-state index contributed by atoms with van der Waals surface area (Å²) < 4.78 is 5.58. The molecule has 220 valence electrons. The van der Waals surface area contributed by atoms with E-state index in [4.69, 9.17) is 4.74 Å². The van der Waals surface area contributed by atoms with Gasteiger partial charge in [0.05, 0.1) is 0 Å². The van der Waals surface area contributed by atoms with E-state index in [1.807, 2.05) is 0 Å². The lowest BCUT2D eigenvalue weighted by Crippen LogP contribution is -2.29. The molecule has 1 N–H and O–H groups in total. The molecule has 0 bridgehead atoms. The van der Waals surface area contributed by atoms with Crippen LogP contribution < -0.4 is 4.74 Å². The Bertz CT molecular complexity index is 768. The summed E-state index contributed by atoms with van der Waals surface area (Å²) in [6, 6.07) is 5.10. The SMILES string of the molecule is CCCCCCCCCCCCCC(CC(CCc1cc(O)ccc1OC(=O)CC)C(C)(C)C)C(C)(C)C. The first-order valence-corrected chi connectivity index (χ1v) is 15.9. The number of hydrogen-bond acceptors (Lipinski definition) is 3. The van der Waals surface area contributed by atoms with Crippen LogP contribution in [0, 0.1) is 22.7 Å². The Balaban J connectivity index is 2.65. The maximum atomic E-state index is 11.9. The van der Waals surface area contributed by atoms with Crippen LogP contribution in [0.3, 0.4) is 0 Å². The van der Waals surface area contributed by atoms with Gasteiger partial charge < -0.3 is 9.84 Å². The van der Waals surface area contributed by atoms with Gasteiger partial charge in [0.15, 0.2) is 0 Å². The molecule has 0 fully saturated rings. The Morgan fingerprint density at radius 2 is 1.26 bits per heavy atom. The first-order chi connectivity index (χ1) is 17.9. The van der Waals surface area contributed by atoms with Gasteiger partial charge in [-0.3, -0.25) is 4.79 Å². The van der Waals surface area contributed by atoms with Crippen LogP contribution in [-0.4, -0.2) is 11.1 Å². The lowest BCUT2D eigenvalue weighted by atomic mass is 9.66. The fourth-order valence-electron chi connectivity index (χ4n) is 5.59. The summed E-state index contributed by atoms with van der Waals surface area (Å²) in [4.78, 5) is 11.9. The quantitative estimate of drug-likeness (QED) is 0.110. The molecule has 2 unspecified atom stereocenters. The predicted molar refractivity (Wildman–Crippen MR) is 164 cm³/mol. The highest BCUT2D eigenvalue weighted by atomic mass is 16.5. The summed E-state index contributed by atoms with van der Waals surface area (Å²) in [5.41, 5.74) is 1.41. The van der Waals surface area contributed by atoms with Crippen molar-refractivity contribution in [2.24, 2.45) is 22.7 Å². The van der Waals surface area contributed by atoms with Crippen LogP contribution in [0.25, 0.3) is 0 Å². The van der Waals surface area contributed by atoms with Gasteiger partial charge in [0.2, 0.25) is 0 Å². The minimum absolute atomic E-state index is 0.192. The average molecular weight is 531 g/mol. The molecule has 0 saturated carbocycles. The number of ether oxygens (including phenoxy) is 1. The molecule has 0 heterocycles. The zero-order valence-corrected chi connectivity index (χ0v) is 26.5. The highest BCUT2D eigenvalue weighted by Crippen LogP contribution is 2.42. The predicted octanol–water partition coefficient (Wildman–Crippen LogP) is 11.1. The second-order valence-electron chi connectivity index (χ2n) is 13.8. The van der Waals surface area contributed by atoms with Gasteiger partial charge in [0.25, 0.3) is 0 Å². The Hall–Kier alpha value is -1.51. The summed E-state index contributed by atoms with van der Waals surface area (Å²) >= 11 is 0. The summed E-state index contributed by atoms with van der Waals surface area (Å²) in [6.45, 7) is 18.4. The third kappa shape index (κ3) is 14.6. The van der Waals surface area contributed by atoms with E-state index < -0.39 is 0 Å². The molecule has 0 amide bonds. The van der Waals surface area contributed by atoms with Crippen molar-refractivity contribution in [3.05, 3.63) is 23.8 Å². The molecule has 2 atom stereocenters. The van der Waals surface area contributed by atoms with Crippen LogP contribution in [-0.2, 0) is 11.2 Å². The number of hydrogen-bond donors (Lipinski definition) is 1. The van der Waals surface area contributed by atoms with Crippen LogP contribution in [0.2, 0.25) is 0 Å². The van der Waals surface area contributed by atoms with Crippen LogP contribution >= 0.6 is 0 Å². The highest BCUT2D eigenvalue weighted by Gasteiger charge is 2.32. The number of unbranched alkanes of at least 4 members (excludes halogenated alkanes) is 10. The van der Waals surface area contributed by atoms with Crippen LogP contribution in [0.4, 0.5) is 0 Å². The van der Waals surface area contributed by atoms with E-state index in [9.17, 15) is 9.90 Å². The van der Waals surface area contributed by atoms with Crippen LogP contribution in [0.15, 0.2) is 18.2 Å². The first kappa shape index (κ1) is 34.5. The van der Waals surface area contributed by atoms with E-state index in [-0.39, 0.29) is 22.5 Å². The van der Waals surface area contributed by atoms with Crippen molar-refractivity contribution >= 4 is 5.97 Å². The molecule has 0 spiro atoms. The number of aromatic hydroxyl groups is 1. The van der Waals surface area contributed by atoms with Gasteiger partial charge in [0.1, 0.15) is 11.5 Å². The number of phenolic OH excluding ortho intramolecular Hbond substituents is 1. The van der Waals surface area contributed by atoms with Crippen LogP contribution in [0.5, 0.6) is 11.5 Å². The molecule has 0 aliphatic rings. The molecular formula is C35H62O3. The zero-order chi connectivity index (χ0) is 28.6. The standard InChI is InChI=1S/C35H62O3/c1-9-11-12-13-14-15-16-17-18-19-20-21-29(34(3,4)5)27-30(35(6,7)8)23-22-28-26-31(36)24-25-32(28)38-33(37)10-2/h24-26,29-30,36H,9-23,27H2,1-8H3. The van der Waals surface area contributed by atoms with Crippen molar-refractivity contribution in [1.82, 2.24) is 0 Å². The average Bonchev–Trinajstić information content (AvgIpc) is 2.83. The molecule has 38 heavy (non-hydrogen) atoms. The van der Waals surface area contributed by atoms with E-state index >= 15 is 0 Å². The summed E-state index contributed by atoms with van der Waals surface area (Å²) in [5, 5.41) is 10.1. The lowest BCUT2D eigenvalue weighted by molar-refractivity contribution is -0.134. The van der Waals surface area contributed by atoms with Gasteiger partial charge in [0, 0.05) is 6.42 Å². The first-order valence-electron chi connectivity index (χ1n) is 15.9. The largest absolute Gasteiger partial charge is 0.508 e. The van der Waals surface area contributed by atoms with Crippen molar-refractivity contribution in [3.8, 4) is 11.5 Å². The van der Waals surface area contributed by atoms with Gasteiger partial charge in [-0.15, -0.1) is 0 Å². The minimum Gasteiger partial charge on any atom is -0.508 e. The number of phenols is 1. The van der Waals surface area contributed by atoms with Gasteiger partial charge >= 0.3 is 5.97 Å². The molecule has 1 aromatic carbocycles. The molecule has 3 heteroatoms. The molecule has 0 aliphatic heterocycles. The Morgan fingerprint density at radius 3 is 1.76 bits per heavy atom. The third-order valence-electron chi connectivity index (χ3n) is 8.49. The van der Waals surface area contributed by atoms with Crippen molar-refractivity contribution in [2.75, 3.05) is 0 Å². The Labute approximate surface area is 236 Å². The fraction of sp³-hybridized carbons (Fsp3) is 0.800. The van der Waals surface area contributed by atoms with E-state index in [1.54, 1.807) is 25.1 Å². The second kappa shape index (κ2) is 18.0. The number of aryl methyl sites for hydroxylation is 1. The molecule has 0 aromatic heterocycles. The molecule has 3 nitrogen and oxygen atoms in total. The minimum atomic E-state index is -0.232. The lowest BCUT2D eigenvalue weighted by Gasteiger charge is -2.39.